The molecule has 1 aliphatic rings. The summed E-state index contributed by atoms with van der Waals surface area (Å²) >= 11 is 13.6. The molecule has 166 valence electrons. The van der Waals surface area contributed by atoms with Crippen LogP contribution in [0.5, 0.6) is 0 Å². The number of halogens is 2. The maximum atomic E-state index is 12.6. The van der Waals surface area contributed by atoms with Gasteiger partial charge >= 0.3 is 5.97 Å². The molecule has 0 unspecified atom stereocenters. The highest BCUT2D eigenvalue weighted by atomic mass is 35.5. The Morgan fingerprint density at radius 3 is 2.32 bits per heavy atom. The number of hydrogen-bond acceptors (Lipinski definition) is 6. The van der Waals surface area contributed by atoms with Gasteiger partial charge in [-0.2, -0.15) is 0 Å². The van der Waals surface area contributed by atoms with Crippen LogP contribution >= 0.6 is 34.5 Å². The Hall–Kier alpha value is -2.13. The Kier molecular flexibility index (Phi) is 7.94. The van der Waals surface area contributed by atoms with Crippen molar-refractivity contribution in [3.05, 3.63) is 44.2 Å². The zero-order chi connectivity index (χ0) is 22.5. The topological polar surface area (TPSA) is 87.7 Å². The van der Waals surface area contributed by atoms with Gasteiger partial charge in [-0.1, -0.05) is 29.3 Å². The first-order chi connectivity index (χ1) is 14.8. The van der Waals surface area contributed by atoms with E-state index in [1.807, 2.05) is 0 Å². The summed E-state index contributed by atoms with van der Waals surface area (Å²) < 4.78 is 4.92. The van der Waals surface area contributed by atoms with Gasteiger partial charge in [0.25, 0.3) is 0 Å². The van der Waals surface area contributed by atoms with Gasteiger partial charge in [-0.25, -0.2) is 4.79 Å². The predicted octanol–water partition coefficient (Wildman–Crippen LogP) is 4.23. The van der Waals surface area contributed by atoms with Crippen molar-refractivity contribution in [1.29, 1.82) is 0 Å². The van der Waals surface area contributed by atoms with Gasteiger partial charge in [0.15, 0.2) is 0 Å². The fourth-order valence-electron chi connectivity index (χ4n) is 3.48. The van der Waals surface area contributed by atoms with Crippen molar-refractivity contribution in [2.24, 2.45) is 0 Å². The third kappa shape index (κ3) is 5.77. The molecule has 0 atom stereocenters. The molecule has 1 aromatic carbocycles. The summed E-state index contributed by atoms with van der Waals surface area (Å²) in [5.41, 5.74) is 1.76. The van der Waals surface area contributed by atoms with Crippen LogP contribution in [0.15, 0.2) is 18.2 Å². The van der Waals surface area contributed by atoms with Gasteiger partial charge in [0.2, 0.25) is 11.8 Å². The van der Waals surface area contributed by atoms with Crippen LogP contribution in [0.3, 0.4) is 0 Å². The lowest BCUT2D eigenvalue weighted by Gasteiger charge is -2.17. The maximum Gasteiger partial charge on any atom is 0.341 e. The highest BCUT2D eigenvalue weighted by molar-refractivity contribution is 7.17. The van der Waals surface area contributed by atoms with E-state index < -0.39 is 5.97 Å². The standard InChI is InChI=1S/C21H23Cl2N3O4S/c1-26(10-16(27)24-19-13(22)7-5-8-14(19)23)11-17(28)25-20-18(21(29)30-2)12-6-3-4-9-15(12)31-20/h5,7-8H,3-4,6,9-11H2,1-2H3,(H,24,27)(H,25,28). The molecule has 2 N–H and O–H groups in total. The molecule has 0 radical (unpaired) electrons. The van der Waals surface area contributed by atoms with Gasteiger partial charge in [-0.15, -0.1) is 11.3 Å². The molecule has 0 spiro atoms. The lowest BCUT2D eigenvalue weighted by Crippen LogP contribution is -2.36. The van der Waals surface area contributed by atoms with E-state index in [0.717, 1.165) is 36.1 Å². The van der Waals surface area contributed by atoms with E-state index in [4.69, 9.17) is 27.9 Å². The molecule has 1 aromatic heterocycles. The number of methoxy groups -OCH3 is 1. The van der Waals surface area contributed by atoms with Crippen LogP contribution in [0.25, 0.3) is 0 Å². The molecule has 31 heavy (non-hydrogen) atoms. The van der Waals surface area contributed by atoms with Crippen LogP contribution in [0.2, 0.25) is 10.0 Å². The third-order valence-electron chi connectivity index (χ3n) is 4.87. The Labute approximate surface area is 194 Å². The Morgan fingerprint density at radius 1 is 1.06 bits per heavy atom. The zero-order valence-corrected chi connectivity index (χ0v) is 19.5. The van der Waals surface area contributed by atoms with Crippen LogP contribution in [-0.4, -0.2) is 49.9 Å². The lowest BCUT2D eigenvalue weighted by molar-refractivity contribution is -0.119. The van der Waals surface area contributed by atoms with E-state index >= 15 is 0 Å². The number of thiophene rings is 1. The van der Waals surface area contributed by atoms with Crippen LogP contribution in [0.4, 0.5) is 10.7 Å². The lowest BCUT2D eigenvalue weighted by atomic mass is 9.95. The number of rotatable bonds is 7. The number of nitrogens with one attached hydrogen (secondary N) is 2. The van der Waals surface area contributed by atoms with Crippen molar-refractivity contribution in [3.8, 4) is 0 Å². The molecule has 0 saturated carbocycles. The van der Waals surface area contributed by atoms with Gasteiger partial charge in [-0.3, -0.25) is 14.5 Å². The second kappa shape index (κ2) is 10.5. The number of carbonyl (C=O) groups is 3. The van der Waals surface area contributed by atoms with Crippen molar-refractivity contribution >= 4 is 63.0 Å². The number of anilines is 2. The van der Waals surface area contributed by atoms with E-state index in [9.17, 15) is 14.4 Å². The number of ether oxygens (including phenoxy) is 1. The molecular weight excluding hydrogens is 461 g/mol. The molecule has 2 aromatic rings. The highest BCUT2D eigenvalue weighted by Gasteiger charge is 2.27. The molecule has 1 heterocycles. The minimum absolute atomic E-state index is 0.0349. The first kappa shape index (κ1) is 23.5. The summed E-state index contributed by atoms with van der Waals surface area (Å²) in [6.07, 6.45) is 3.77. The molecule has 0 fully saturated rings. The van der Waals surface area contributed by atoms with Crippen molar-refractivity contribution in [2.75, 3.05) is 37.9 Å². The molecule has 7 nitrogen and oxygen atoms in total. The van der Waals surface area contributed by atoms with E-state index in [-0.39, 0.29) is 24.9 Å². The Bertz CT molecular complexity index is 989. The first-order valence-corrected chi connectivity index (χ1v) is 11.3. The molecule has 2 amide bonds. The molecular formula is C21H23Cl2N3O4S. The summed E-state index contributed by atoms with van der Waals surface area (Å²) in [5, 5.41) is 6.65. The average molecular weight is 484 g/mol. The molecule has 0 bridgehead atoms. The number of nitrogens with zero attached hydrogens (tertiary/aromatic N) is 1. The van der Waals surface area contributed by atoms with Crippen LogP contribution in [0.1, 0.15) is 33.6 Å². The summed E-state index contributed by atoms with van der Waals surface area (Å²) in [5.74, 6) is -1.12. The van der Waals surface area contributed by atoms with Crippen molar-refractivity contribution in [1.82, 2.24) is 4.90 Å². The second-order valence-corrected chi connectivity index (χ2v) is 9.19. The van der Waals surface area contributed by atoms with Gasteiger partial charge in [0.1, 0.15) is 5.00 Å². The number of amides is 2. The summed E-state index contributed by atoms with van der Waals surface area (Å²) in [6, 6.07) is 4.93. The van der Waals surface area contributed by atoms with Gasteiger partial charge in [0.05, 0.1) is 41.5 Å². The molecule has 10 heteroatoms. The van der Waals surface area contributed by atoms with E-state index in [2.05, 4.69) is 10.6 Å². The van der Waals surface area contributed by atoms with Crippen LogP contribution in [-0.2, 0) is 27.2 Å². The minimum Gasteiger partial charge on any atom is -0.465 e. The third-order valence-corrected chi connectivity index (χ3v) is 6.71. The van der Waals surface area contributed by atoms with Gasteiger partial charge in [0, 0.05) is 4.88 Å². The Balaban J connectivity index is 1.61. The Morgan fingerprint density at radius 2 is 1.68 bits per heavy atom. The fourth-order valence-corrected chi connectivity index (χ4v) is 5.27. The summed E-state index contributed by atoms with van der Waals surface area (Å²) in [7, 11) is 2.98. The van der Waals surface area contributed by atoms with Crippen molar-refractivity contribution in [2.45, 2.75) is 25.7 Å². The smallest absolute Gasteiger partial charge is 0.341 e. The first-order valence-electron chi connectivity index (χ1n) is 9.75. The van der Waals surface area contributed by atoms with E-state index in [1.54, 1.807) is 30.1 Å². The van der Waals surface area contributed by atoms with Crippen molar-refractivity contribution in [3.63, 3.8) is 0 Å². The number of para-hydroxylation sites is 1. The zero-order valence-electron chi connectivity index (χ0n) is 17.2. The number of carbonyl (C=O) groups excluding carboxylic acids is 3. The van der Waals surface area contributed by atoms with E-state index in [0.29, 0.717) is 26.3 Å². The summed E-state index contributed by atoms with van der Waals surface area (Å²) in [4.78, 5) is 39.9. The summed E-state index contributed by atoms with van der Waals surface area (Å²) in [6.45, 7) is -0.0768. The highest BCUT2D eigenvalue weighted by Crippen LogP contribution is 2.38. The maximum absolute atomic E-state index is 12.6. The predicted molar refractivity (Wildman–Crippen MR) is 124 cm³/mol. The SMILES string of the molecule is COC(=O)c1c(NC(=O)CN(C)CC(=O)Nc2c(Cl)cccc2Cl)sc2c1CCCC2. The number of likely N-dealkylation sites (N-methyl/N-ethyl adjacent to an activating group) is 1. The van der Waals surface area contributed by atoms with Gasteiger partial charge in [-0.05, 0) is 50.4 Å². The minimum atomic E-state index is -0.445. The largest absolute Gasteiger partial charge is 0.465 e. The van der Waals surface area contributed by atoms with Crippen LogP contribution < -0.4 is 10.6 Å². The molecule has 0 aliphatic heterocycles. The number of hydrogen-bond donors (Lipinski definition) is 2. The quantitative estimate of drug-likeness (QED) is 0.575. The van der Waals surface area contributed by atoms with E-state index in [1.165, 1.54) is 18.4 Å². The molecule has 0 saturated heterocycles. The molecule has 1 aliphatic carbocycles. The normalized spacial score (nSPS) is 12.9. The average Bonchev–Trinajstić information content (AvgIpc) is 3.07. The number of esters is 1. The van der Waals surface area contributed by atoms with Gasteiger partial charge < -0.3 is 15.4 Å². The van der Waals surface area contributed by atoms with Crippen molar-refractivity contribution < 1.29 is 19.1 Å². The number of fused-ring (bicyclic) bond motifs is 1. The fraction of sp³-hybridized carbons (Fsp3) is 0.381. The monoisotopic (exact) mass is 483 g/mol. The second-order valence-electron chi connectivity index (χ2n) is 7.27. The van der Waals surface area contributed by atoms with Crippen LogP contribution in [0, 0.1) is 0 Å². The number of aryl methyl sites for hydroxylation is 1. The molecule has 3 rings (SSSR count). The number of benzene rings is 1.